The van der Waals surface area contributed by atoms with E-state index < -0.39 is 0 Å². The summed E-state index contributed by atoms with van der Waals surface area (Å²) in [7, 11) is 4.80. The predicted octanol–water partition coefficient (Wildman–Crippen LogP) is 7.65. The Morgan fingerprint density at radius 3 is 1.98 bits per heavy atom. The van der Waals surface area contributed by atoms with Gasteiger partial charge in [-0.2, -0.15) is 0 Å². The molecule has 65 heavy (non-hydrogen) atoms. The highest BCUT2D eigenvalue weighted by atomic mass is 16.5. The van der Waals surface area contributed by atoms with Crippen LogP contribution in [0.4, 0.5) is 28.4 Å². The van der Waals surface area contributed by atoms with Gasteiger partial charge in [-0.25, -0.2) is 0 Å². The Morgan fingerprint density at radius 2 is 1.29 bits per heavy atom. The molecule has 5 aromatic rings. The van der Waals surface area contributed by atoms with Gasteiger partial charge in [-0.3, -0.25) is 19.5 Å². The molecule has 5 aromatic carbocycles. The smallest absolute Gasteiger partial charge is 0.261 e. The minimum Gasteiger partial charge on any atom is -0.493 e. The first-order chi connectivity index (χ1) is 31.9. The molecule has 2 atom stereocenters. The van der Waals surface area contributed by atoms with Crippen LogP contribution < -0.4 is 39.0 Å². The Labute approximate surface area is 379 Å². The number of likely N-dealkylation sites (N-methyl/N-ethyl adjacent to an activating group) is 1. The number of nitrogens with zero attached hydrogens (tertiary/aromatic N) is 4. The highest BCUT2D eigenvalue weighted by molar-refractivity contribution is 6.15. The van der Waals surface area contributed by atoms with Gasteiger partial charge in [0, 0.05) is 68.6 Å². The van der Waals surface area contributed by atoms with Crippen LogP contribution in [-0.2, 0) is 40.3 Å². The molecule has 9 rings (SSSR count). The van der Waals surface area contributed by atoms with Crippen molar-refractivity contribution >= 4 is 46.5 Å². The van der Waals surface area contributed by atoms with E-state index in [2.05, 4.69) is 47.5 Å². The van der Waals surface area contributed by atoms with Gasteiger partial charge in [-0.15, -0.1) is 0 Å². The summed E-state index contributed by atoms with van der Waals surface area (Å²) in [6, 6.07) is 29.3. The van der Waals surface area contributed by atoms with Gasteiger partial charge >= 0.3 is 0 Å². The number of para-hydroxylation sites is 2. The van der Waals surface area contributed by atoms with Crippen molar-refractivity contribution in [2.24, 2.45) is 4.99 Å². The molecule has 0 fully saturated rings. The Balaban J connectivity index is 0.956. The second-order valence-corrected chi connectivity index (χ2v) is 16.3. The maximum absolute atomic E-state index is 14.1. The summed E-state index contributed by atoms with van der Waals surface area (Å²) in [6.07, 6.45) is 3.34. The van der Waals surface area contributed by atoms with Gasteiger partial charge in [0.15, 0.2) is 23.0 Å². The number of aliphatic imine (C=N–C) groups is 1. The van der Waals surface area contributed by atoms with E-state index in [9.17, 15) is 9.59 Å². The van der Waals surface area contributed by atoms with Crippen molar-refractivity contribution < 1.29 is 42.7 Å². The summed E-state index contributed by atoms with van der Waals surface area (Å²) in [4.78, 5) is 38.9. The molecule has 0 saturated heterocycles. The molecule has 0 radical (unpaired) electrons. The molecule has 4 heterocycles. The zero-order valence-corrected chi connectivity index (χ0v) is 37.3. The highest BCUT2D eigenvalue weighted by Gasteiger charge is 2.38. The summed E-state index contributed by atoms with van der Waals surface area (Å²) in [5, 5.41) is 3.53. The summed E-state index contributed by atoms with van der Waals surface area (Å²) >= 11 is 0. The molecule has 338 valence electrons. The zero-order valence-electron chi connectivity index (χ0n) is 37.3. The van der Waals surface area contributed by atoms with E-state index in [1.807, 2.05) is 58.5 Å². The van der Waals surface area contributed by atoms with Crippen molar-refractivity contribution in [2.75, 3.05) is 94.0 Å². The average molecular weight is 882 g/mol. The normalized spacial score (nSPS) is 16.6. The van der Waals surface area contributed by atoms with Crippen LogP contribution in [-0.4, -0.2) is 104 Å². The van der Waals surface area contributed by atoms with Crippen molar-refractivity contribution in [1.82, 2.24) is 0 Å². The van der Waals surface area contributed by atoms with Gasteiger partial charge < -0.3 is 48.3 Å². The van der Waals surface area contributed by atoms with Crippen LogP contribution in [0.15, 0.2) is 96.0 Å². The Bertz CT molecular complexity index is 2580. The van der Waals surface area contributed by atoms with E-state index in [-0.39, 0.29) is 37.1 Å². The molecule has 0 aromatic heterocycles. The molecule has 4 aliphatic heterocycles. The van der Waals surface area contributed by atoms with Gasteiger partial charge in [0.1, 0.15) is 13.2 Å². The molecule has 14 nitrogen and oxygen atoms in total. The standard InChI is InChI=1S/C51H55N5O9/c1-5-54(14-15-62-18-19-63-17-16-59-2)37-21-33(31-64-48-27-42-40(25-46(48)60-3)50(57)55-38(29-52-42)23-35-10-6-8-12-44(35)55)20-34(22-37)32-65-49-28-43-41(26-47(49)61-4)51(58)56-39(30-53-43)24-36-11-7-9-13-45(36)56/h6-13,20-22,25-29,38-39,53H,5,14-19,23-24,30-32H2,1-4H3/t38?,39-/m0/s1. The molecule has 1 N–H and O–H groups in total. The van der Waals surface area contributed by atoms with Crippen molar-refractivity contribution in [3.8, 4) is 23.0 Å². The van der Waals surface area contributed by atoms with E-state index in [0.29, 0.717) is 98.0 Å². The number of benzene rings is 5. The largest absolute Gasteiger partial charge is 0.493 e. The van der Waals surface area contributed by atoms with Crippen LogP contribution in [0, 0.1) is 0 Å². The monoisotopic (exact) mass is 881 g/mol. The number of methoxy groups -OCH3 is 3. The fraction of sp³-hybridized carbons (Fsp3) is 0.353. The van der Waals surface area contributed by atoms with Gasteiger partial charge in [0.05, 0.1) is 81.8 Å². The quantitative estimate of drug-likeness (QED) is 0.0821. The second-order valence-electron chi connectivity index (χ2n) is 16.3. The van der Waals surface area contributed by atoms with Crippen molar-refractivity contribution in [3.63, 3.8) is 0 Å². The third kappa shape index (κ3) is 9.06. The number of fused-ring (bicyclic) bond motifs is 8. The Hall–Kier alpha value is -6.61. The van der Waals surface area contributed by atoms with E-state index >= 15 is 0 Å². The van der Waals surface area contributed by atoms with Crippen LogP contribution in [0.1, 0.15) is 49.9 Å². The van der Waals surface area contributed by atoms with E-state index in [4.69, 9.17) is 38.2 Å². The first-order valence-electron chi connectivity index (χ1n) is 22.2. The minimum absolute atomic E-state index is 0.00375. The fourth-order valence-corrected chi connectivity index (χ4v) is 9.12. The second kappa shape index (κ2) is 19.6. The van der Waals surface area contributed by atoms with Gasteiger partial charge in [-0.05, 0) is 78.1 Å². The van der Waals surface area contributed by atoms with Crippen LogP contribution in [0.3, 0.4) is 0 Å². The topological polar surface area (TPSA) is 133 Å². The number of hydrogen-bond donors (Lipinski definition) is 1. The third-order valence-corrected chi connectivity index (χ3v) is 12.4. The summed E-state index contributed by atoms with van der Waals surface area (Å²) in [5.74, 6) is 1.68. The molecule has 0 saturated carbocycles. The molecule has 1 unspecified atom stereocenters. The lowest BCUT2D eigenvalue weighted by molar-refractivity contribution is 0.0265. The lowest BCUT2D eigenvalue weighted by Gasteiger charge is -2.25. The van der Waals surface area contributed by atoms with Gasteiger partial charge in [-0.1, -0.05) is 36.4 Å². The number of anilines is 4. The highest BCUT2D eigenvalue weighted by Crippen LogP contribution is 2.43. The minimum atomic E-state index is -0.174. The fourth-order valence-electron chi connectivity index (χ4n) is 9.12. The number of nitrogens with one attached hydrogen (secondary N) is 1. The molecular weight excluding hydrogens is 827 g/mol. The molecule has 0 bridgehead atoms. The Morgan fingerprint density at radius 1 is 0.677 bits per heavy atom. The summed E-state index contributed by atoms with van der Waals surface area (Å²) < 4.78 is 41.3. The first kappa shape index (κ1) is 43.6. The molecule has 0 aliphatic carbocycles. The van der Waals surface area contributed by atoms with E-state index in [0.717, 1.165) is 46.7 Å². The van der Waals surface area contributed by atoms with Crippen LogP contribution in [0.2, 0.25) is 0 Å². The molecule has 14 heteroatoms. The summed E-state index contributed by atoms with van der Waals surface area (Å²) in [5.41, 5.74) is 9.12. The first-order valence-corrected chi connectivity index (χ1v) is 22.2. The maximum atomic E-state index is 14.1. The van der Waals surface area contributed by atoms with Crippen molar-refractivity contribution in [3.05, 3.63) is 124 Å². The number of hydrogen-bond acceptors (Lipinski definition) is 12. The molecule has 2 amide bonds. The number of ether oxygens (including phenoxy) is 7. The number of carbonyl (C=O) groups excluding carboxylic acids is 2. The maximum Gasteiger partial charge on any atom is 0.261 e. The van der Waals surface area contributed by atoms with Crippen LogP contribution >= 0.6 is 0 Å². The van der Waals surface area contributed by atoms with E-state index in [1.54, 1.807) is 39.5 Å². The van der Waals surface area contributed by atoms with Crippen LogP contribution in [0.5, 0.6) is 23.0 Å². The lowest BCUT2D eigenvalue weighted by Crippen LogP contribution is -2.39. The van der Waals surface area contributed by atoms with E-state index in [1.165, 1.54) is 5.56 Å². The molecule has 0 spiro atoms. The predicted molar refractivity (Wildman–Crippen MR) is 251 cm³/mol. The van der Waals surface area contributed by atoms with Gasteiger partial charge in [0.2, 0.25) is 0 Å². The number of rotatable bonds is 19. The lowest BCUT2D eigenvalue weighted by atomic mass is 10.1. The number of carbonyl (C=O) groups is 2. The Kier molecular flexibility index (Phi) is 13.2. The molecular formula is C51H55N5O9. The zero-order chi connectivity index (χ0) is 44.9. The third-order valence-electron chi connectivity index (χ3n) is 12.4. The van der Waals surface area contributed by atoms with Crippen molar-refractivity contribution in [1.29, 1.82) is 0 Å². The van der Waals surface area contributed by atoms with Crippen molar-refractivity contribution in [2.45, 2.75) is 45.1 Å². The number of amides is 2. The molecule has 4 aliphatic rings. The summed E-state index contributed by atoms with van der Waals surface area (Å²) in [6.45, 7) is 7.03. The SMILES string of the molecule is CCN(CCOCCOCCOC)c1cc(COc2cc3c(cc2OC)C(=O)N2c4ccccc4CC2C=N3)cc(COc2cc3c(cc2OC)C(=O)N2c4ccccc4C[C@H]2CN3)c1. The van der Waals surface area contributed by atoms with Crippen LogP contribution in [0.25, 0.3) is 0 Å². The average Bonchev–Trinajstić information content (AvgIpc) is 3.83. The van der Waals surface area contributed by atoms with Gasteiger partial charge in [0.25, 0.3) is 11.8 Å².